The second kappa shape index (κ2) is 5.35. The number of fused-ring (bicyclic) bond motifs is 1. The fraction of sp³-hybridized carbons (Fsp3) is 0.500. The van der Waals surface area contributed by atoms with Gasteiger partial charge in [0.1, 0.15) is 5.75 Å². The number of alkyl halides is 3. The predicted molar refractivity (Wildman–Crippen MR) is 71.9 cm³/mol. The Labute approximate surface area is 124 Å². The van der Waals surface area contributed by atoms with Crippen molar-refractivity contribution in [1.82, 2.24) is 4.90 Å². The van der Waals surface area contributed by atoms with Crippen LogP contribution >= 0.6 is 0 Å². The molecule has 0 bridgehead atoms. The molecule has 0 spiro atoms. The SMILES string of the molecule is O=C1N(c2ccc(OCC(F)(F)F)cc2)CC2C[C@H](O)CN12. The highest BCUT2D eigenvalue weighted by Gasteiger charge is 2.43. The average molecular weight is 316 g/mol. The van der Waals surface area contributed by atoms with Crippen molar-refractivity contribution in [3.8, 4) is 5.75 Å². The molecule has 2 fully saturated rings. The first-order valence-corrected chi connectivity index (χ1v) is 6.89. The minimum Gasteiger partial charge on any atom is -0.484 e. The summed E-state index contributed by atoms with van der Waals surface area (Å²) in [4.78, 5) is 15.4. The molecule has 1 aromatic rings. The summed E-state index contributed by atoms with van der Waals surface area (Å²) in [6.45, 7) is -0.547. The van der Waals surface area contributed by atoms with Gasteiger partial charge in [-0.15, -0.1) is 0 Å². The number of amides is 2. The van der Waals surface area contributed by atoms with Gasteiger partial charge in [0.05, 0.1) is 12.1 Å². The molecular formula is C14H15F3N2O3. The van der Waals surface area contributed by atoms with Crippen LogP contribution in [-0.4, -0.2) is 54.1 Å². The van der Waals surface area contributed by atoms with Gasteiger partial charge in [0, 0.05) is 18.8 Å². The molecule has 0 saturated carbocycles. The first-order valence-electron chi connectivity index (χ1n) is 6.89. The van der Waals surface area contributed by atoms with Crippen molar-refractivity contribution >= 4 is 11.7 Å². The van der Waals surface area contributed by atoms with Crippen LogP contribution in [0, 0.1) is 0 Å². The van der Waals surface area contributed by atoms with Crippen molar-refractivity contribution in [3.05, 3.63) is 24.3 Å². The molecule has 2 aliphatic heterocycles. The Morgan fingerprint density at radius 2 is 1.91 bits per heavy atom. The number of halogens is 3. The summed E-state index contributed by atoms with van der Waals surface area (Å²) in [6, 6.07) is 5.73. The number of hydrogen-bond donors (Lipinski definition) is 1. The molecule has 8 heteroatoms. The van der Waals surface area contributed by atoms with Gasteiger partial charge in [-0.25, -0.2) is 4.79 Å². The summed E-state index contributed by atoms with van der Waals surface area (Å²) in [5.41, 5.74) is 0.605. The molecule has 1 N–H and O–H groups in total. The number of aliphatic hydroxyl groups excluding tert-OH is 1. The van der Waals surface area contributed by atoms with Crippen LogP contribution in [0.25, 0.3) is 0 Å². The zero-order valence-corrected chi connectivity index (χ0v) is 11.6. The second-order valence-electron chi connectivity index (χ2n) is 5.49. The minimum absolute atomic E-state index is 0.0105. The third-order valence-electron chi connectivity index (χ3n) is 3.81. The number of benzene rings is 1. The first kappa shape index (κ1) is 15.0. The maximum Gasteiger partial charge on any atom is 0.422 e. The van der Waals surface area contributed by atoms with Gasteiger partial charge in [-0.3, -0.25) is 4.90 Å². The Hall–Kier alpha value is -1.96. The Morgan fingerprint density at radius 3 is 2.50 bits per heavy atom. The molecule has 1 unspecified atom stereocenters. The third kappa shape index (κ3) is 2.96. The van der Waals surface area contributed by atoms with E-state index in [4.69, 9.17) is 0 Å². The van der Waals surface area contributed by atoms with E-state index in [9.17, 15) is 23.1 Å². The van der Waals surface area contributed by atoms with Crippen molar-refractivity contribution in [1.29, 1.82) is 0 Å². The number of aliphatic hydroxyl groups is 1. The maximum atomic E-state index is 12.2. The number of urea groups is 1. The van der Waals surface area contributed by atoms with Crippen molar-refractivity contribution < 1.29 is 27.8 Å². The van der Waals surface area contributed by atoms with Gasteiger partial charge in [-0.05, 0) is 30.7 Å². The Kier molecular flexibility index (Phi) is 3.64. The van der Waals surface area contributed by atoms with E-state index in [0.717, 1.165) is 0 Å². The Morgan fingerprint density at radius 1 is 1.23 bits per heavy atom. The summed E-state index contributed by atoms with van der Waals surface area (Å²) < 4.78 is 40.9. The lowest BCUT2D eigenvalue weighted by Crippen LogP contribution is -2.33. The van der Waals surface area contributed by atoms with Gasteiger partial charge in [0.15, 0.2) is 6.61 Å². The molecule has 2 amide bonds. The van der Waals surface area contributed by atoms with E-state index in [-0.39, 0.29) is 17.8 Å². The molecule has 1 aromatic carbocycles. The van der Waals surface area contributed by atoms with E-state index in [2.05, 4.69) is 4.74 Å². The van der Waals surface area contributed by atoms with Crippen molar-refractivity contribution in [2.24, 2.45) is 0 Å². The van der Waals surface area contributed by atoms with Crippen LogP contribution in [0.1, 0.15) is 6.42 Å². The van der Waals surface area contributed by atoms with Crippen LogP contribution in [0.3, 0.4) is 0 Å². The number of nitrogens with zero attached hydrogens (tertiary/aromatic N) is 2. The topological polar surface area (TPSA) is 53.0 Å². The normalized spacial score (nSPS) is 24.8. The molecular weight excluding hydrogens is 301 g/mol. The van der Waals surface area contributed by atoms with Crippen LogP contribution in [0.4, 0.5) is 23.7 Å². The molecule has 3 rings (SSSR count). The van der Waals surface area contributed by atoms with Gasteiger partial charge >= 0.3 is 12.2 Å². The van der Waals surface area contributed by atoms with E-state index in [1.807, 2.05) is 0 Å². The largest absolute Gasteiger partial charge is 0.484 e. The van der Waals surface area contributed by atoms with E-state index in [1.165, 1.54) is 12.1 Å². The number of anilines is 1. The van der Waals surface area contributed by atoms with Gasteiger partial charge in [0.25, 0.3) is 0 Å². The predicted octanol–water partition coefficient (Wildman–Crippen LogP) is 2.00. The Bertz CT molecular complexity index is 561. The van der Waals surface area contributed by atoms with Crippen molar-refractivity contribution in [2.45, 2.75) is 24.7 Å². The molecule has 0 aliphatic carbocycles. The fourth-order valence-electron chi connectivity index (χ4n) is 2.85. The zero-order valence-electron chi connectivity index (χ0n) is 11.6. The monoisotopic (exact) mass is 316 g/mol. The number of rotatable bonds is 3. The van der Waals surface area contributed by atoms with Crippen LogP contribution in [0.5, 0.6) is 5.75 Å². The standard InChI is InChI=1S/C14H15F3N2O3/c15-14(16,17)8-22-12-3-1-9(2-4-12)18-6-10-5-11(20)7-19(10)13(18)21/h1-4,10-11,20H,5-8H2/t10?,11-/m0/s1. The fourth-order valence-corrected chi connectivity index (χ4v) is 2.85. The van der Waals surface area contributed by atoms with E-state index >= 15 is 0 Å². The van der Waals surface area contributed by atoms with Gasteiger partial charge in [-0.2, -0.15) is 13.2 Å². The molecule has 2 aliphatic rings. The molecule has 2 atom stereocenters. The number of hydrogen-bond acceptors (Lipinski definition) is 3. The Balaban J connectivity index is 1.65. The molecule has 0 radical (unpaired) electrons. The molecule has 120 valence electrons. The lowest BCUT2D eigenvalue weighted by atomic mass is 10.2. The van der Waals surface area contributed by atoms with Crippen LogP contribution in [0.15, 0.2) is 24.3 Å². The van der Waals surface area contributed by atoms with E-state index in [1.54, 1.807) is 21.9 Å². The highest BCUT2D eigenvalue weighted by molar-refractivity contribution is 5.95. The van der Waals surface area contributed by atoms with Gasteiger partial charge < -0.3 is 14.7 Å². The van der Waals surface area contributed by atoms with Crippen molar-refractivity contribution in [3.63, 3.8) is 0 Å². The van der Waals surface area contributed by atoms with Gasteiger partial charge in [-0.1, -0.05) is 0 Å². The number of ether oxygens (including phenoxy) is 1. The van der Waals surface area contributed by atoms with Crippen LogP contribution in [-0.2, 0) is 0 Å². The molecule has 2 heterocycles. The molecule has 22 heavy (non-hydrogen) atoms. The van der Waals surface area contributed by atoms with Crippen LogP contribution < -0.4 is 9.64 Å². The quantitative estimate of drug-likeness (QED) is 0.928. The number of carbonyl (C=O) groups excluding carboxylic acids is 1. The van der Waals surface area contributed by atoms with E-state index in [0.29, 0.717) is 25.2 Å². The first-order chi connectivity index (χ1) is 10.3. The van der Waals surface area contributed by atoms with Gasteiger partial charge in [0.2, 0.25) is 0 Å². The molecule has 5 nitrogen and oxygen atoms in total. The highest BCUT2D eigenvalue weighted by atomic mass is 19.4. The zero-order chi connectivity index (χ0) is 15.9. The third-order valence-corrected chi connectivity index (χ3v) is 3.81. The smallest absolute Gasteiger partial charge is 0.422 e. The van der Waals surface area contributed by atoms with Crippen molar-refractivity contribution in [2.75, 3.05) is 24.6 Å². The maximum absolute atomic E-state index is 12.2. The summed E-state index contributed by atoms with van der Waals surface area (Å²) >= 11 is 0. The van der Waals surface area contributed by atoms with E-state index < -0.39 is 18.9 Å². The highest BCUT2D eigenvalue weighted by Crippen LogP contribution is 2.31. The minimum atomic E-state index is -4.38. The molecule has 0 aromatic heterocycles. The second-order valence-corrected chi connectivity index (χ2v) is 5.49. The van der Waals surface area contributed by atoms with Crippen LogP contribution in [0.2, 0.25) is 0 Å². The lowest BCUT2D eigenvalue weighted by Gasteiger charge is -2.18. The summed E-state index contributed by atoms with van der Waals surface area (Å²) in [7, 11) is 0. The lowest BCUT2D eigenvalue weighted by molar-refractivity contribution is -0.153. The summed E-state index contributed by atoms with van der Waals surface area (Å²) in [6.07, 6.45) is -4.31. The summed E-state index contributed by atoms with van der Waals surface area (Å²) in [5.74, 6) is 0.101. The average Bonchev–Trinajstić information content (AvgIpc) is 2.95. The number of carbonyl (C=O) groups is 1. The summed E-state index contributed by atoms with van der Waals surface area (Å²) in [5, 5.41) is 9.55. The molecule has 2 saturated heterocycles.